The molecule has 2 rings (SSSR count). The van der Waals surface area contributed by atoms with Crippen molar-refractivity contribution in [3.63, 3.8) is 0 Å². The average Bonchev–Trinajstić information content (AvgIpc) is 2.98. The highest BCUT2D eigenvalue weighted by Crippen LogP contribution is 2.24. The summed E-state index contributed by atoms with van der Waals surface area (Å²) in [5.74, 6) is 0.0979. The van der Waals surface area contributed by atoms with Gasteiger partial charge >= 0.3 is 5.97 Å². The molecular formula is C15H18ClNO4. The number of amides is 1. The molecule has 5 nitrogen and oxygen atoms in total. The number of para-hydroxylation sites is 1. The van der Waals surface area contributed by atoms with Crippen molar-refractivity contribution < 1.29 is 19.1 Å². The summed E-state index contributed by atoms with van der Waals surface area (Å²) in [6, 6.07) is 6.65. The normalized spacial score (nSPS) is 17.6. The average molecular weight is 312 g/mol. The quantitative estimate of drug-likeness (QED) is 0.783. The van der Waals surface area contributed by atoms with Crippen LogP contribution in [-0.4, -0.2) is 43.1 Å². The Morgan fingerprint density at radius 2 is 2.14 bits per heavy atom. The van der Waals surface area contributed by atoms with Crippen molar-refractivity contribution in [2.75, 3.05) is 20.3 Å². The molecule has 1 aliphatic rings. The van der Waals surface area contributed by atoms with Gasteiger partial charge in [-0.25, -0.2) is 4.79 Å². The van der Waals surface area contributed by atoms with Crippen LogP contribution in [-0.2, 0) is 14.3 Å². The van der Waals surface area contributed by atoms with Gasteiger partial charge in [0.05, 0.1) is 25.2 Å². The van der Waals surface area contributed by atoms with E-state index in [-0.39, 0.29) is 24.9 Å². The standard InChI is InChI=1S/C15H18ClNO4/c1-20-15(19)12-6-4-9-17(12)14(18)8-10-21-13-7-3-2-5-11(13)16/h2-3,5,7,12H,4,6,8-10H2,1H3. The van der Waals surface area contributed by atoms with Crippen LogP contribution in [0.4, 0.5) is 0 Å². The lowest BCUT2D eigenvalue weighted by atomic mass is 10.2. The lowest BCUT2D eigenvalue weighted by Gasteiger charge is -2.22. The number of ether oxygens (including phenoxy) is 2. The predicted molar refractivity (Wildman–Crippen MR) is 78.3 cm³/mol. The van der Waals surface area contributed by atoms with Gasteiger partial charge in [0.1, 0.15) is 11.8 Å². The van der Waals surface area contributed by atoms with Crippen LogP contribution in [0.15, 0.2) is 24.3 Å². The van der Waals surface area contributed by atoms with E-state index in [2.05, 4.69) is 0 Å². The maximum Gasteiger partial charge on any atom is 0.328 e. The minimum Gasteiger partial charge on any atom is -0.491 e. The van der Waals surface area contributed by atoms with Gasteiger partial charge in [0, 0.05) is 6.54 Å². The first-order valence-corrected chi connectivity index (χ1v) is 7.26. The summed E-state index contributed by atoms with van der Waals surface area (Å²) in [7, 11) is 1.34. The van der Waals surface area contributed by atoms with Gasteiger partial charge < -0.3 is 14.4 Å². The van der Waals surface area contributed by atoms with Gasteiger partial charge in [0.15, 0.2) is 0 Å². The number of hydrogen-bond donors (Lipinski definition) is 0. The molecule has 0 aromatic heterocycles. The van der Waals surface area contributed by atoms with Crippen LogP contribution in [0.3, 0.4) is 0 Å². The van der Waals surface area contributed by atoms with Gasteiger partial charge in [0.2, 0.25) is 5.91 Å². The van der Waals surface area contributed by atoms with Crippen molar-refractivity contribution in [2.24, 2.45) is 0 Å². The van der Waals surface area contributed by atoms with E-state index in [0.717, 1.165) is 6.42 Å². The second-order valence-corrected chi connectivity index (χ2v) is 5.20. The molecule has 1 unspecified atom stereocenters. The highest BCUT2D eigenvalue weighted by Gasteiger charge is 2.34. The summed E-state index contributed by atoms with van der Waals surface area (Å²) in [4.78, 5) is 25.3. The minimum absolute atomic E-state index is 0.102. The first-order chi connectivity index (χ1) is 10.1. The van der Waals surface area contributed by atoms with E-state index in [1.165, 1.54) is 7.11 Å². The van der Waals surface area contributed by atoms with E-state index >= 15 is 0 Å². The molecule has 0 aliphatic carbocycles. The van der Waals surface area contributed by atoms with Gasteiger partial charge in [-0.2, -0.15) is 0 Å². The van der Waals surface area contributed by atoms with Gasteiger partial charge in [-0.1, -0.05) is 23.7 Å². The van der Waals surface area contributed by atoms with E-state index in [4.69, 9.17) is 21.1 Å². The van der Waals surface area contributed by atoms with Crippen LogP contribution >= 0.6 is 11.6 Å². The summed E-state index contributed by atoms with van der Waals surface area (Å²) < 4.78 is 10.2. The monoisotopic (exact) mass is 311 g/mol. The Bertz CT molecular complexity index is 520. The fraction of sp³-hybridized carbons (Fsp3) is 0.467. The zero-order valence-corrected chi connectivity index (χ0v) is 12.6. The number of esters is 1. The van der Waals surface area contributed by atoms with Crippen LogP contribution in [0.5, 0.6) is 5.75 Å². The fourth-order valence-electron chi connectivity index (χ4n) is 2.40. The maximum absolute atomic E-state index is 12.2. The molecule has 1 atom stereocenters. The largest absolute Gasteiger partial charge is 0.491 e. The van der Waals surface area contributed by atoms with E-state index in [9.17, 15) is 9.59 Å². The van der Waals surface area contributed by atoms with E-state index < -0.39 is 6.04 Å². The zero-order chi connectivity index (χ0) is 15.2. The first kappa shape index (κ1) is 15.6. The summed E-state index contributed by atoms with van der Waals surface area (Å²) in [5, 5.41) is 0.513. The van der Waals surface area contributed by atoms with Gasteiger partial charge in [-0.15, -0.1) is 0 Å². The predicted octanol–water partition coefficient (Wildman–Crippen LogP) is 2.27. The van der Waals surface area contributed by atoms with Gasteiger partial charge in [0.25, 0.3) is 0 Å². The number of carbonyl (C=O) groups excluding carboxylic acids is 2. The molecule has 114 valence electrons. The number of rotatable bonds is 5. The molecule has 1 aromatic rings. The second-order valence-electron chi connectivity index (χ2n) is 4.80. The lowest BCUT2D eigenvalue weighted by Crippen LogP contribution is -2.41. The second kappa shape index (κ2) is 7.31. The molecule has 0 saturated carbocycles. The number of hydrogen-bond acceptors (Lipinski definition) is 4. The molecule has 0 radical (unpaired) electrons. The SMILES string of the molecule is COC(=O)C1CCCN1C(=O)CCOc1ccccc1Cl. The smallest absolute Gasteiger partial charge is 0.328 e. The third-order valence-corrected chi connectivity index (χ3v) is 3.77. The summed E-state index contributed by atoms with van der Waals surface area (Å²) in [6.07, 6.45) is 1.68. The number of likely N-dealkylation sites (tertiary alicyclic amines) is 1. The minimum atomic E-state index is -0.456. The van der Waals surface area contributed by atoms with Gasteiger partial charge in [-0.3, -0.25) is 4.79 Å². The van der Waals surface area contributed by atoms with Crippen LogP contribution in [0.1, 0.15) is 19.3 Å². The topological polar surface area (TPSA) is 55.8 Å². The maximum atomic E-state index is 12.2. The number of nitrogens with zero attached hydrogens (tertiary/aromatic N) is 1. The van der Waals surface area contributed by atoms with E-state index in [1.54, 1.807) is 17.0 Å². The third kappa shape index (κ3) is 3.88. The Morgan fingerprint density at radius 3 is 2.86 bits per heavy atom. The molecule has 1 amide bonds. The zero-order valence-electron chi connectivity index (χ0n) is 11.9. The molecule has 0 spiro atoms. The third-order valence-electron chi connectivity index (χ3n) is 3.46. The summed E-state index contributed by atoms with van der Waals surface area (Å²) in [6.45, 7) is 0.817. The molecular weight excluding hydrogens is 294 g/mol. The first-order valence-electron chi connectivity index (χ1n) is 6.88. The van der Waals surface area contributed by atoms with Crippen molar-refractivity contribution in [2.45, 2.75) is 25.3 Å². The van der Waals surface area contributed by atoms with Crippen LogP contribution < -0.4 is 4.74 Å². The molecule has 1 fully saturated rings. The van der Waals surface area contributed by atoms with Gasteiger partial charge in [-0.05, 0) is 25.0 Å². The molecule has 0 bridgehead atoms. The molecule has 1 saturated heterocycles. The Kier molecular flexibility index (Phi) is 5.44. The van der Waals surface area contributed by atoms with E-state index in [0.29, 0.717) is 23.7 Å². The highest BCUT2D eigenvalue weighted by molar-refractivity contribution is 6.32. The lowest BCUT2D eigenvalue weighted by molar-refractivity contribution is -0.151. The summed E-state index contributed by atoms with van der Waals surface area (Å²) >= 11 is 5.97. The number of halogens is 1. The van der Waals surface area contributed by atoms with Crippen molar-refractivity contribution in [3.05, 3.63) is 29.3 Å². The molecule has 1 aliphatic heterocycles. The van der Waals surface area contributed by atoms with Crippen molar-refractivity contribution in [3.8, 4) is 5.75 Å². The molecule has 6 heteroatoms. The molecule has 21 heavy (non-hydrogen) atoms. The van der Waals surface area contributed by atoms with Crippen molar-refractivity contribution in [1.29, 1.82) is 0 Å². The van der Waals surface area contributed by atoms with E-state index in [1.807, 2.05) is 12.1 Å². The molecule has 1 aromatic carbocycles. The van der Waals surface area contributed by atoms with Crippen LogP contribution in [0.2, 0.25) is 5.02 Å². The number of benzene rings is 1. The Labute approximate surface area is 128 Å². The molecule has 0 N–H and O–H groups in total. The van der Waals surface area contributed by atoms with Crippen molar-refractivity contribution in [1.82, 2.24) is 4.90 Å². The van der Waals surface area contributed by atoms with Crippen LogP contribution in [0.25, 0.3) is 0 Å². The number of methoxy groups -OCH3 is 1. The fourth-order valence-corrected chi connectivity index (χ4v) is 2.59. The Hall–Kier alpha value is -1.75. The Morgan fingerprint density at radius 1 is 1.38 bits per heavy atom. The molecule has 1 heterocycles. The van der Waals surface area contributed by atoms with Crippen molar-refractivity contribution >= 4 is 23.5 Å². The summed E-state index contributed by atoms with van der Waals surface area (Å²) in [5.41, 5.74) is 0. The van der Waals surface area contributed by atoms with Crippen LogP contribution in [0, 0.1) is 0 Å². The highest BCUT2D eigenvalue weighted by atomic mass is 35.5. The number of carbonyl (C=O) groups is 2. The Balaban J connectivity index is 1.84.